The summed E-state index contributed by atoms with van der Waals surface area (Å²) in [6.45, 7) is 3.91. The van der Waals surface area contributed by atoms with Crippen LogP contribution < -0.4 is 4.90 Å². The molecule has 2 aromatic rings. The molecule has 1 aliphatic rings. The summed E-state index contributed by atoms with van der Waals surface area (Å²) in [5, 5.41) is 30.5. The van der Waals surface area contributed by atoms with Crippen LogP contribution in [0.5, 0.6) is 0 Å². The molecule has 154 valence electrons. The van der Waals surface area contributed by atoms with Crippen LogP contribution in [0.2, 0.25) is 0 Å². The van der Waals surface area contributed by atoms with E-state index in [1.807, 2.05) is 4.90 Å². The van der Waals surface area contributed by atoms with E-state index in [4.69, 9.17) is 0 Å². The zero-order chi connectivity index (χ0) is 21.3. The van der Waals surface area contributed by atoms with Crippen LogP contribution in [0.4, 0.5) is 17.2 Å². The standard InChI is InChI=1S/C16H18N6O6S/c1-11-3-4-16(18-17-11)19-5-7-20(8-6-19)29(27,28)13-9-14(21(23)24)12(2)15(10-13)22(25)26/h3-4,9-10H,5-8H2,1-2H3. The minimum atomic E-state index is -4.14. The van der Waals surface area contributed by atoms with Gasteiger partial charge < -0.3 is 4.90 Å². The molecule has 1 aromatic heterocycles. The first-order valence-electron chi connectivity index (χ1n) is 8.60. The number of hydrogen-bond acceptors (Lipinski definition) is 9. The van der Waals surface area contributed by atoms with E-state index in [-0.39, 0.29) is 18.7 Å². The Hall–Kier alpha value is -3.19. The Bertz CT molecular complexity index is 1030. The molecule has 2 heterocycles. The molecule has 3 rings (SSSR count). The molecule has 0 saturated carbocycles. The number of nitro benzene ring substituents is 2. The van der Waals surface area contributed by atoms with Gasteiger partial charge in [-0.05, 0) is 26.0 Å². The van der Waals surface area contributed by atoms with Crippen LogP contribution in [0.25, 0.3) is 0 Å². The van der Waals surface area contributed by atoms with E-state index in [9.17, 15) is 28.6 Å². The lowest BCUT2D eigenvalue weighted by Crippen LogP contribution is -2.49. The number of piperazine rings is 1. The van der Waals surface area contributed by atoms with E-state index in [0.717, 1.165) is 22.1 Å². The minimum Gasteiger partial charge on any atom is -0.352 e. The zero-order valence-electron chi connectivity index (χ0n) is 15.7. The van der Waals surface area contributed by atoms with Crippen LogP contribution in [-0.2, 0) is 10.0 Å². The largest absolute Gasteiger partial charge is 0.352 e. The van der Waals surface area contributed by atoms with E-state index in [1.165, 1.54) is 6.92 Å². The molecule has 0 radical (unpaired) electrons. The van der Waals surface area contributed by atoms with E-state index >= 15 is 0 Å². The third-order valence-electron chi connectivity index (χ3n) is 4.70. The van der Waals surface area contributed by atoms with Gasteiger partial charge in [0.05, 0.1) is 20.4 Å². The van der Waals surface area contributed by atoms with Crippen molar-refractivity contribution in [1.29, 1.82) is 0 Å². The van der Waals surface area contributed by atoms with Gasteiger partial charge in [0.2, 0.25) is 10.0 Å². The van der Waals surface area contributed by atoms with Crippen LogP contribution in [-0.4, -0.2) is 58.9 Å². The van der Waals surface area contributed by atoms with Crippen molar-refractivity contribution in [3.05, 3.63) is 55.8 Å². The highest BCUT2D eigenvalue weighted by Crippen LogP contribution is 2.32. The lowest BCUT2D eigenvalue weighted by Gasteiger charge is -2.34. The SMILES string of the molecule is Cc1ccc(N2CCN(S(=O)(=O)c3cc([N+](=O)[O-])c(C)c([N+](=O)[O-])c3)CC2)nn1. The average Bonchev–Trinajstić information content (AvgIpc) is 2.68. The van der Waals surface area contributed by atoms with Gasteiger partial charge in [-0.2, -0.15) is 9.40 Å². The molecule has 1 aromatic carbocycles. The fraction of sp³-hybridized carbons (Fsp3) is 0.375. The van der Waals surface area contributed by atoms with Crippen LogP contribution in [0.1, 0.15) is 11.3 Å². The summed E-state index contributed by atoms with van der Waals surface area (Å²) in [6, 6.07) is 5.33. The molecule has 1 saturated heterocycles. The van der Waals surface area contributed by atoms with Crippen molar-refractivity contribution in [2.45, 2.75) is 18.7 Å². The second-order valence-corrected chi connectivity index (χ2v) is 8.46. The van der Waals surface area contributed by atoms with Crippen LogP contribution >= 0.6 is 0 Å². The number of aromatic nitrogens is 2. The summed E-state index contributed by atoms with van der Waals surface area (Å²) < 4.78 is 27.1. The molecule has 0 N–H and O–H groups in total. The Morgan fingerprint density at radius 2 is 1.48 bits per heavy atom. The molecule has 0 amide bonds. The highest BCUT2D eigenvalue weighted by Gasteiger charge is 2.33. The van der Waals surface area contributed by atoms with E-state index in [0.29, 0.717) is 18.9 Å². The van der Waals surface area contributed by atoms with Gasteiger partial charge in [0, 0.05) is 38.3 Å². The van der Waals surface area contributed by atoms with Crippen molar-refractivity contribution in [2.24, 2.45) is 0 Å². The van der Waals surface area contributed by atoms with Gasteiger partial charge in [0.25, 0.3) is 11.4 Å². The van der Waals surface area contributed by atoms with Crippen molar-refractivity contribution in [3.63, 3.8) is 0 Å². The number of rotatable bonds is 5. The Kier molecular flexibility index (Phi) is 5.44. The van der Waals surface area contributed by atoms with E-state index in [1.54, 1.807) is 19.1 Å². The molecule has 1 fully saturated rings. The van der Waals surface area contributed by atoms with Crippen LogP contribution in [0.15, 0.2) is 29.2 Å². The van der Waals surface area contributed by atoms with Crippen molar-refractivity contribution in [3.8, 4) is 0 Å². The number of nitro groups is 2. The molecule has 0 spiro atoms. The number of benzene rings is 1. The summed E-state index contributed by atoms with van der Waals surface area (Å²) in [4.78, 5) is 22.2. The van der Waals surface area contributed by atoms with Crippen molar-refractivity contribution in [1.82, 2.24) is 14.5 Å². The van der Waals surface area contributed by atoms with Gasteiger partial charge in [-0.15, -0.1) is 5.10 Å². The van der Waals surface area contributed by atoms with Gasteiger partial charge >= 0.3 is 0 Å². The first kappa shape index (κ1) is 20.5. The topological polar surface area (TPSA) is 153 Å². The van der Waals surface area contributed by atoms with Crippen LogP contribution in [0.3, 0.4) is 0 Å². The van der Waals surface area contributed by atoms with Gasteiger partial charge in [-0.3, -0.25) is 20.2 Å². The molecule has 0 aliphatic carbocycles. The molecule has 12 nitrogen and oxygen atoms in total. The monoisotopic (exact) mass is 422 g/mol. The first-order valence-corrected chi connectivity index (χ1v) is 10.0. The van der Waals surface area contributed by atoms with E-state index in [2.05, 4.69) is 10.2 Å². The molecule has 1 aliphatic heterocycles. The smallest absolute Gasteiger partial charge is 0.280 e. The lowest BCUT2D eigenvalue weighted by atomic mass is 10.1. The van der Waals surface area contributed by atoms with E-state index < -0.39 is 36.1 Å². The Balaban J connectivity index is 1.87. The summed E-state index contributed by atoms with van der Waals surface area (Å²) in [7, 11) is -4.14. The summed E-state index contributed by atoms with van der Waals surface area (Å²) >= 11 is 0. The molecule has 0 unspecified atom stereocenters. The second-order valence-electron chi connectivity index (χ2n) is 6.52. The number of sulfonamides is 1. The Morgan fingerprint density at radius 1 is 0.931 bits per heavy atom. The van der Waals surface area contributed by atoms with Crippen molar-refractivity contribution in [2.75, 3.05) is 31.1 Å². The summed E-state index contributed by atoms with van der Waals surface area (Å²) in [5.41, 5.74) is -0.642. The molecular formula is C16H18N6O6S. The highest BCUT2D eigenvalue weighted by molar-refractivity contribution is 7.89. The van der Waals surface area contributed by atoms with Crippen molar-refractivity contribution >= 4 is 27.2 Å². The third-order valence-corrected chi connectivity index (χ3v) is 6.58. The fourth-order valence-corrected chi connectivity index (χ4v) is 4.52. The van der Waals surface area contributed by atoms with Gasteiger partial charge in [0.15, 0.2) is 5.82 Å². The van der Waals surface area contributed by atoms with Crippen molar-refractivity contribution < 1.29 is 18.3 Å². The van der Waals surface area contributed by atoms with Crippen LogP contribution in [0, 0.1) is 34.1 Å². The van der Waals surface area contributed by atoms with Gasteiger partial charge in [0.1, 0.15) is 5.56 Å². The third kappa shape index (κ3) is 4.00. The lowest BCUT2D eigenvalue weighted by molar-refractivity contribution is -0.395. The fourth-order valence-electron chi connectivity index (χ4n) is 3.05. The van der Waals surface area contributed by atoms with Gasteiger partial charge in [-0.1, -0.05) is 0 Å². The molecule has 0 bridgehead atoms. The highest BCUT2D eigenvalue weighted by atomic mass is 32.2. The normalized spacial score (nSPS) is 15.3. The first-order chi connectivity index (χ1) is 13.6. The molecule has 13 heteroatoms. The predicted octanol–water partition coefficient (Wildman–Crippen LogP) is 1.42. The average molecular weight is 422 g/mol. The molecular weight excluding hydrogens is 404 g/mol. The number of anilines is 1. The number of aryl methyl sites for hydroxylation is 1. The Labute approximate surface area is 166 Å². The second kappa shape index (κ2) is 7.67. The molecule has 0 atom stereocenters. The summed E-state index contributed by atoms with van der Waals surface area (Å²) in [6.07, 6.45) is 0. The molecule has 29 heavy (non-hydrogen) atoms. The minimum absolute atomic E-state index is 0.105. The Morgan fingerprint density at radius 3 is 1.93 bits per heavy atom. The predicted molar refractivity (Wildman–Crippen MR) is 102 cm³/mol. The maximum Gasteiger partial charge on any atom is 0.280 e. The quantitative estimate of drug-likeness (QED) is 0.514. The maximum absolute atomic E-state index is 13.0. The summed E-state index contributed by atoms with van der Waals surface area (Å²) in [5.74, 6) is 0.620. The van der Waals surface area contributed by atoms with Gasteiger partial charge in [-0.25, -0.2) is 8.42 Å². The number of hydrogen-bond donors (Lipinski definition) is 0. The zero-order valence-corrected chi connectivity index (χ0v) is 16.5. The maximum atomic E-state index is 13.0. The number of nitrogens with zero attached hydrogens (tertiary/aromatic N) is 6.